The highest BCUT2D eigenvalue weighted by atomic mass is 32.1. The summed E-state index contributed by atoms with van der Waals surface area (Å²) in [5.41, 5.74) is 1.28. The molecule has 0 unspecified atom stereocenters. The Kier molecular flexibility index (Phi) is 3.21. The van der Waals surface area contributed by atoms with E-state index >= 15 is 0 Å². The molecule has 2 aromatic rings. The number of aryl methyl sites for hydroxylation is 1. The van der Waals surface area contributed by atoms with E-state index in [-0.39, 0.29) is 5.56 Å². The molecule has 0 aliphatic heterocycles. The van der Waals surface area contributed by atoms with E-state index in [9.17, 15) is 4.79 Å². The third-order valence-electron chi connectivity index (χ3n) is 4.09. The van der Waals surface area contributed by atoms with Gasteiger partial charge in [0.2, 0.25) is 0 Å². The number of H-pyrrole nitrogens is 1. The van der Waals surface area contributed by atoms with Crippen molar-refractivity contribution in [1.82, 2.24) is 9.97 Å². The molecule has 0 spiro atoms. The average Bonchev–Trinajstić information content (AvgIpc) is 3.16. The molecular weight excluding hydrogens is 256 g/mol. The Balaban J connectivity index is 2.12. The third-order valence-corrected chi connectivity index (χ3v) is 5.14. The third kappa shape index (κ3) is 2.34. The number of rotatable bonds is 4. The summed E-state index contributed by atoms with van der Waals surface area (Å²) in [6, 6.07) is 0. The van der Waals surface area contributed by atoms with E-state index in [1.807, 2.05) is 0 Å². The van der Waals surface area contributed by atoms with Crippen LogP contribution >= 0.6 is 11.3 Å². The fourth-order valence-electron chi connectivity index (χ4n) is 2.48. The van der Waals surface area contributed by atoms with Crippen LogP contribution in [-0.4, -0.2) is 9.97 Å². The van der Waals surface area contributed by atoms with Crippen molar-refractivity contribution in [2.24, 2.45) is 5.92 Å². The van der Waals surface area contributed by atoms with Gasteiger partial charge in [0.25, 0.3) is 5.56 Å². The topological polar surface area (TPSA) is 45.8 Å². The molecule has 2 aromatic heterocycles. The average molecular weight is 276 g/mol. The Labute approximate surface area is 117 Å². The lowest BCUT2D eigenvalue weighted by Gasteiger charge is -2.08. The van der Waals surface area contributed by atoms with Crippen LogP contribution in [0.2, 0.25) is 0 Å². The van der Waals surface area contributed by atoms with Crippen LogP contribution in [0.3, 0.4) is 0 Å². The summed E-state index contributed by atoms with van der Waals surface area (Å²) in [5.74, 6) is 2.00. The highest BCUT2D eigenvalue weighted by molar-refractivity contribution is 7.18. The number of hydrogen-bond donors (Lipinski definition) is 1. The standard InChI is InChI=1S/C15H20N2OS/c1-4-8(2)7-11-9(3)19-15-12(11)14(18)16-13(17-15)10-5-6-10/h8,10H,4-7H2,1-3H3,(H,16,17,18)/t8-/m1/s1. The van der Waals surface area contributed by atoms with E-state index in [1.54, 1.807) is 11.3 Å². The van der Waals surface area contributed by atoms with Gasteiger partial charge in [0.05, 0.1) is 5.39 Å². The van der Waals surface area contributed by atoms with Crippen LogP contribution < -0.4 is 5.56 Å². The number of aromatic amines is 1. The fraction of sp³-hybridized carbons (Fsp3) is 0.600. The minimum atomic E-state index is 0.0644. The second kappa shape index (κ2) is 4.75. The molecule has 19 heavy (non-hydrogen) atoms. The largest absolute Gasteiger partial charge is 0.310 e. The lowest BCUT2D eigenvalue weighted by molar-refractivity contribution is 0.561. The Bertz CT molecular complexity index is 667. The molecule has 2 heterocycles. The van der Waals surface area contributed by atoms with Crippen LogP contribution in [0, 0.1) is 12.8 Å². The summed E-state index contributed by atoms with van der Waals surface area (Å²) < 4.78 is 0. The van der Waals surface area contributed by atoms with Crippen molar-refractivity contribution in [2.75, 3.05) is 0 Å². The summed E-state index contributed by atoms with van der Waals surface area (Å²) in [7, 11) is 0. The summed E-state index contributed by atoms with van der Waals surface area (Å²) in [4.78, 5) is 22.2. The molecule has 0 saturated heterocycles. The number of nitrogens with zero attached hydrogens (tertiary/aromatic N) is 1. The highest BCUT2D eigenvalue weighted by Crippen LogP contribution is 2.39. The maximum atomic E-state index is 12.3. The highest BCUT2D eigenvalue weighted by Gasteiger charge is 2.27. The van der Waals surface area contributed by atoms with Gasteiger partial charge in [-0.15, -0.1) is 11.3 Å². The lowest BCUT2D eigenvalue weighted by Crippen LogP contribution is -2.12. The van der Waals surface area contributed by atoms with Gasteiger partial charge in [0.15, 0.2) is 0 Å². The Morgan fingerprint density at radius 3 is 2.84 bits per heavy atom. The van der Waals surface area contributed by atoms with Crippen LogP contribution in [0.1, 0.15) is 55.3 Å². The van der Waals surface area contributed by atoms with Crippen molar-refractivity contribution >= 4 is 21.6 Å². The van der Waals surface area contributed by atoms with E-state index in [2.05, 4.69) is 30.7 Å². The summed E-state index contributed by atoms with van der Waals surface area (Å²) >= 11 is 1.67. The molecule has 4 heteroatoms. The molecule has 1 N–H and O–H groups in total. The van der Waals surface area contributed by atoms with Crippen LogP contribution in [0.25, 0.3) is 10.2 Å². The quantitative estimate of drug-likeness (QED) is 0.924. The summed E-state index contributed by atoms with van der Waals surface area (Å²) in [6.45, 7) is 6.55. The predicted octanol–water partition coefficient (Wildman–Crippen LogP) is 3.76. The molecule has 0 radical (unpaired) electrons. The molecule has 1 saturated carbocycles. The number of aromatic nitrogens is 2. The van der Waals surface area contributed by atoms with Gasteiger partial charge in [0, 0.05) is 10.8 Å². The minimum Gasteiger partial charge on any atom is -0.310 e. The van der Waals surface area contributed by atoms with Crippen molar-refractivity contribution in [3.8, 4) is 0 Å². The minimum absolute atomic E-state index is 0.0644. The Morgan fingerprint density at radius 1 is 1.47 bits per heavy atom. The SMILES string of the molecule is CC[C@@H](C)Cc1c(C)sc2nc(C3CC3)[nH]c(=O)c12. The van der Waals surface area contributed by atoms with Gasteiger partial charge in [-0.3, -0.25) is 4.79 Å². The van der Waals surface area contributed by atoms with Crippen LogP contribution in [-0.2, 0) is 6.42 Å². The second-order valence-corrected chi connectivity index (χ2v) is 6.96. The van der Waals surface area contributed by atoms with Gasteiger partial charge in [-0.2, -0.15) is 0 Å². The van der Waals surface area contributed by atoms with Gasteiger partial charge < -0.3 is 4.98 Å². The molecular formula is C15H20N2OS. The summed E-state index contributed by atoms with van der Waals surface area (Å²) in [5, 5.41) is 0.840. The smallest absolute Gasteiger partial charge is 0.259 e. The lowest BCUT2D eigenvalue weighted by atomic mass is 9.98. The number of nitrogens with one attached hydrogen (secondary N) is 1. The fourth-order valence-corrected chi connectivity index (χ4v) is 3.54. The zero-order valence-corrected chi connectivity index (χ0v) is 12.6. The molecule has 1 aliphatic carbocycles. The van der Waals surface area contributed by atoms with E-state index in [0.29, 0.717) is 11.8 Å². The normalized spacial score (nSPS) is 17.0. The van der Waals surface area contributed by atoms with Gasteiger partial charge in [0.1, 0.15) is 10.7 Å². The number of thiophene rings is 1. The first-order valence-electron chi connectivity index (χ1n) is 7.12. The zero-order valence-electron chi connectivity index (χ0n) is 11.7. The van der Waals surface area contributed by atoms with Crippen LogP contribution in [0.5, 0.6) is 0 Å². The van der Waals surface area contributed by atoms with Crippen molar-refractivity contribution < 1.29 is 0 Å². The van der Waals surface area contributed by atoms with Crippen LogP contribution in [0.4, 0.5) is 0 Å². The van der Waals surface area contributed by atoms with Gasteiger partial charge >= 0.3 is 0 Å². The first kappa shape index (κ1) is 12.9. The van der Waals surface area contributed by atoms with Gasteiger partial charge in [-0.05, 0) is 37.7 Å². The Morgan fingerprint density at radius 2 is 2.21 bits per heavy atom. The van der Waals surface area contributed by atoms with E-state index in [1.165, 1.54) is 23.3 Å². The van der Waals surface area contributed by atoms with E-state index in [0.717, 1.165) is 28.9 Å². The van der Waals surface area contributed by atoms with Gasteiger partial charge in [-0.1, -0.05) is 20.3 Å². The second-order valence-electron chi connectivity index (χ2n) is 5.76. The molecule has 0 amide bonds. The van der Waals surface area contributed by atoms with Crippen molar-refractivity contribution in [3.05, 3.63) is 26.6 Å². The van der Waals surface area contributed by atoms with Crippen molar-refractivity contribution in [1.29, 1.82) is 0 Å². The van der Waals surface area contributed by atoms with Gasteiger partial charge in [-0.25, -0.2) is 4.98 Å². The first-order chi connectivity index (χ1) is 9.10. The van der Waals surface area contributed by atoms with E-state index in [4.69, 9.17) is 0 Å². The zero-order chi connectivity index (χ0) is 13.6. The summed E-state index contributed by atoms with van der Waals surface area (Å²) in [6.07, 6.45) is 4.45. The molecule has 1 atom stereocenters. The first-order valence-corrected chi connectivity index (χ1v) is 7.94. The molecule has 3 nitrogen and oxygen atoms in total. The maximum Gasteiger partial charge on any atom is 0.259 e. The molecule has 3 rings (SSSR count). The van der Waals surface area contributed by atoms with E-state index < -0.39 is 0 Å². The molecule has 0 aromatic carbocycles. The maximum absolute atomic E-state index is 12.3. The molecule has 1 aliphatic rings. The number of hydrogen-bond acceptors (Lipinski definition) is 3. The monoisotopic (exact) mass is 276 g/mol. The number of fused-ring (bicyclic) bond motifs is 1. The molecule has 102 valence electrons. The molecule has 1 fully saturated rings. The van der Waals surface area contributed by atoms with Crippen molar-refractivity contribution in [3.63, 3.8) is 0 Å². The Hall–Kier alpha value is -1.16. The van der Waals surface area contributed by atoms with Crippen LogP contribution in [0.15, 0.2) is 4.79 Å². The molecule has 0 bridgehead atoms. The predicted molar refractivity (Wildman–Crippen MR) is 80.1 cm³/mol. The van der Waals surface area contributed by atoms with Crippen molar-refractivity contribution in [2.45, 2.75) is 52.4 Å².